The van der Waals surface area contributed by atoms with Crippen LogP contribution in [0.3, 0.4) is 0 Å². The highest BCUT2D eigenvalue weighted by Crippen LogP contribution is 2.49. The van der Waals surface area contributed by atoms with Gasteiger partial charge < -0.3 is 15.0 Å². The summed E-state index contributed by atoms with van der Waals surface area (Å²) < 4.78 is 5.23. The summed E-state index contributed by atoms with van der Waals surface area (Å²) in [6.07, 6.45) is 1.46. The zero-order chi connectivity index (χ0) is 18.7. The molecule has 0 bridgehead atoms. The number of amides is 2. The first-order valence-corrected chi connectivity index (χ1v) is 8.42. The van der Waals surface area contributed by atoms with Gasteiger partial charge in [0.25, 0.3) is 5.91 Å². The summed E-state index contributed by atoms with van der Waals surface area (Å²) >= 11 is 0. The molecule has 1 aliphatic carbocycles. The number of carbonyl (C=O) groups is 3. The second-order valence-electron chi connectivity index (χ2n) is 7.57. The summed E-state index contributed by atoms with van der Waals surface area (Å²) in [7, 11) is 1.52. The molecule has 0 aliphatic heterocycles. The molecule has 1 N–H and O–H groups in total. The summed E-state index contributed by atoms with van der Waals surface area (Å²) in [6.45, 7) is 5.18. The van der Waals surface area contributed by atoms with Crippen LogP contribution in [-0.4, -0.2) is 48.4 Å². The minimum atomic E-state index is -0.607. The first-order chi connectivity index (χ1) is 11.6. The lowest BCUT2D eigenvalue weighted by atomic mass is 9.96. The van der Waals surface area contributed by atoms with Crippen LogP contribution in [-0.2, 0) is 24.5 Å². The number of hydrogen-bond acceptors (Lipinski definition) is 4. The number of esters is 1. The second-order valence-corrected chi connectivity index (χ2v) is 7.57. The van der Waals surface area contributed by atoms with Crippen LogP contribution >= 0.6 is 0 Å². The van der Waals surface area contributed by atoms with Gasteiger partial charge in [-0.2, -0.15) is 0 Å². The minimum Gasteiger partial charge on any atom is -0.455 e. The maximum atomic E-state index is 12.4. The Morgan fingerprint density at radius 2 is 1.76 bits per heavy atom. The van der Waals surface area contributed by atoms with E-state index < -0.39 is 11.3 Å². The third-order valence-corrected chi connectivity index (χ3v) is 4.11. The van der Waals surface area contributed by atoms with Gasteiger partial charge in [-0.3, -0.25) is 14.4 Å². The van der Waals surface area contributed by atoms with Gasteiger partial charge in [0.2, 0.25) is 5.91 Å². The van der Waals surface area contributed by atoms with E-state index in [1.807, 2.05) is 51.1 Å². The molecule has 0 radical (unpaired) electrons. The Balaban J connectivity index is 1.83. The normalized spacial score (nSPS) is 15.2. The molecular formula is C19H26N2O4. The van der Waals surface area contributed by atoms with Gasteiger partial charge >= 0.3 is 5.97 Å². The predicted octanol–water partition coefficient (Wildman–Crippen LogP) is 1.63. The third kappa shape index (κ3) is 5.05. The van der Waals surface area contributed by atoms with E-state index >= 15 is 0 Å². The van der Waals surface area contributed by atoms with E-state index in [1.165, 1.54) is 11.9 Å². The van der Waals surface area contributed by atoms with Crippen LogP contribution in [0.25, 0.3) is 0 Å². The SMILES string of the molecule is CN(CC(=O)NC(C)(C)C)C(=O)COC(=O)C1(c2ccccc2)CC1. The quantitative estimate of drug-likeness (QED) is 0.795. The number of likely N-dealkylation sites (N-methyl/N-ethyl adjacent to an activating group) is 1. The zero-order valence-electron chi connectivity index (χ0n) is 15.3. The van der Waals surface area contributed by atoms with Crippen LogP contribution in [0.15, 0.2) is 30.3 Å². The van der Waals surface area contributed by atoms with Crippen molar-refractivity contribution in [3.63, 3.8) is 0 Å². The van der Waals surface area contributed by atoms with Crippen molar-refractivity contribution in [3.05, 3.63) is 35.9 Å². The molecule has 0 heterocycles. The van der Waals surface area contributed by atoms with Crippen molar-refractivity contribution >= 4 is 17.8 Å². The molecule has 0 unspecified atom stereocenters. The van der Waals surface area contributed by atoms with Crippen molar-refractivity contribution in [1.82, 2.24) is 10.2 Å². The Morgan fingerprint density at radius 1 is 1.16 bits per heavy atom. The Morgan fingerprint density at radius 3 is 2.28 bits per heavy atom. The first kappa shape index (κ1) is 19.0. The Labute approximate surface area is 148 Å². The van der Waals surface area contributed by atoms with Gasteiger partial charge in [-0.1, -0.05) is 30.3 Å². The van der Waals surface area contributed by atoms with E-state index in [0.717, 1.165) is 18.4 Å². The van der Waals surface area contributed by atoms with E-state index in [0.29, 0.717) is 0 Å². The fourth-order valence-corrected chi connectivity index (χ4v) is 2.63. The molecule has 2 rings (SSSR count). The lowest BCUT2D eigenvalue weighted by Crippen LogP contribution is -2.47. The van der Waals surface area contributed by atoms with Crippen molar-refractivity contribution in [2.75, 3.05) is 20.2 Å². The van der Waals surface area contributed by atoms with E-state index in [1.54, 1.807) is 0 Å². The number of carbonyl (C=O) groups excluding carboxylic acids is 3. The van der Waals surface area contributed by atoms with Gasteiger partial charge in [-0.15, -0.1) is 0 Å². The second kappa shape index (κ2) is 7.25. The highest BCUT2D eigenvalue weighted by molar-refractivity contribution is 5.90. The average Bonchev–Trinajstić information content (AvgIpc) is 3.33. The van der Waals surface area contributed by atoms with Crippen molar-refractivity contribution in [3.8, 4) is 0 Å². The topological polar surface area (TPSA) is 75.7 Å². The number of hydrogen-bond donors (Lipinski definition) is 1. The first-order valence-electron chi connectivity index (χ1n) is 8.42. The summed E-state index contributed by atoms with van der Waals surface area (Å²) in [5, 5.41) is 2.78. The molecule has 1 saturated carbocycles. The van der Waals surface area contributed by atoms with E-state index in [2.05, 4.69) is 5.32 Å². The molecule has 0 atom stereocenters. The Hall–Kier alpha value is -2.37. The van der Waals surface area contributed by atoms with E-state index in [-0.39, 0.29) is 30.6 Å². The summed E-state index contributed by atoms with van der Waals surface area (Å²) in [4.78, 5) is 37.6. The molecule has 25 heavy (non-hydrogen) atoms. The third-order valence-electron chi connectivity index (χ3n) is 4.11. The molecule has 0 saturated heterocycles. The maximum Gasteiger partial charge on any atom is 0.317 e. The summed E-state index contributed by atoms with van der Waals surface area (Å²) in [5.41, 5.74) is -0.0454. The minimum absolute atomic E-state index is 0.0719. The summed E-state index contributed by atoms with van der Waals surface area (Å²) in [6, 6.07) is 9.47. The molecule has 1 aromatic carbocycles. The van der Waals surface area contributed by atoms with Gasteiger partial charge in [0, 0.05) is 12.6 Å². The standard InChI is InChI=1S/C19H26N2O4/c1-18(2,3)20-15(22)12-21(4)16(23)13-25-17(24)19(10-11-19)14-8-6-5-7-9-14/h5-9H,10-13H2,1-4H3,(H,20,22). The van der Waals surface area contributed by atoms with Gasteiger partial charge in [-0.25, -0.2) is 0 Å². The molecular weight excluding hydrogens is 320 g/mol. The fraction of sp³-hybridized carbons (Fsp3) is 0.526. The fourth-order valence-electron chi connectivity index (χ4n) is 2.63. The smallest absolute Gasteiger partial charge is 0.317 e. The monoisotopic (exact) mass is 346 g/mol. The van der Waals surface area contributed by atoms with Crippen LogP contribution in [0, 0.1) is 0 Å². The van der Waals surface area contributed by atoms with Gasteiger partial charge in [0.15, 0.2) is 6.61 Å². The molecule has 2 amide bonds. The lowest BCUT2D eigenvalue weighted by Gasteiger charge is -2.23. The number of benzene rings is 1. The molecule has 6 nitrogen and oxygen atoms in total. The molecule has 0 aromatic heterocycles. The number of rotatable bonds is 6. The number of ether oxygens (including phenoxy) is 1. The lowest BCUT2D eigenvalue weighted by molar-refractivity contribution is -0.154. The molecule has 1 aromatic rings. The van der Waals surface area contributed by atoms with Crippen LogP contribution < -0.4 is 5.32 Å². The number of nitrogens with zero attached hydrogens (tertiary/aromatic N) is 1. The highest BCUT2D eigenvalue weighted by Gasteiger charge is 2.52. The van der Waals surface area contributed by atoms with Gasteiger partial charge in [0.05, 0.1) is 12.0 Å². The maximum absolute atomic E-state index is 12.4. The van der Waals surface area contributed by atoms with Gasteiger partial charge in [0.1, 0.15) is 0 Å². The van der Waals surface area contributed by atoms with Crippen LogP contribution in [0.4, 0.5) is 0 Å². The van der Waals surface area contributed by atoms with Gasteiger partial charge in [-0.05, 0) is 39.2 Å². The molecule has 136 valence electrons. The highest BCUT2D eigenvalue weighted by atomic mass is 16.5. The predicted molar refractivity (Wildman–Crippen MR) is 93.8 cm³/mol. The van der Waals surface area contributed by atoms with E-state index in [4.69, 9.17) is 4.74 Å². The van der Waals surface area contributed by atoms with Crippen molar-refractivity contribution in [2.24, 2.45) is 0 Å². The molecule has 1 aliphatic rings. The molecule has 0 spiro atoms. The number of nitrogens with one attached hydrogen (secondary N) is 1. The van der Waals surface area contributed by atoms with E-state index in [9.17, 15) is 14.4 Å². The zero-order valence-corrected chi connectivity index (χ0v) is 15.3. The van der Waals surface area contributed by atoms with Crippen molar-refractivity contribution in [1.29, 1.82) is 0 Å². The Kier molecular flexibility index (Phi) is 5.50. The molecule has 6 heteroatoms. The van der Waals surface area contributed by atoms with Crippen molar-refractivity contribution < 1.29 is 19.1 Å². The summed E-state index contributed by atoms with van der Waals surface area (Å²) in [5.74, 6) is -1.03. The van der Waals surface area contributed by atoms with Crippen LogP contribution in [0.1, 0.15) is 39.2 Å². The van der Waals surface area contributed by atoms with Crippen molar-refractivity contribution in [2.45, 2.75) is 44.6 Å². The Bertz CT molecular complexity index is 645. The largest absolute Gasteiger partial charge is 0.455 e. The van der Waals surface area contributed by atoms with Crippen LogP contribution in [0.5, 0.6) is 0 Å². The molecule has 1 fully saturated rings. The van der Waals surface area contributed by atoms with Crippen LogP contribution in [0.2, 0.25) is 0 Å². The average molecular weight is 346 g/mol.